The highest BCUT2D eigenvalue weighted by molar-refractivity contribution is 7.89. The van der Waals surface area contributed by atoms with Gasteiger partial charge in [-0.2, -0.15) is 4.31 Å². The molecule has 5 nitrogen and oxygen atoms in total. The highest BCUT2D eigenvalue weighted by Gasteiger charge is 2.30. The van der Waals surface area contributed by atoms with Crippen molar-refractivity contribution in [1.29, 1.82) is 0 Å². The van der Waals surface area contributed by atoms with Crippen LogP contribution in [0.25, 0.3) is 0 Å². The molecule has 1 aromatic heterocycles. The number of nitrogens with zero attached hydrogens (tertiary/aromatic N) is 2. The van der Waals surface area contributed by atoms with E-state index in [1.165, 1.54) is 36.4 Å². The predicted molar refractivity (Wildman–Crippen MR) is 89.7 cm³/mol. The molecule has 2 fully saturated rings. The van der Waals surface area contributed by atoms with Gasteiger partial charge in [0.2, 0.25) is 5.09 Å². The molecular weight excluding hydrogens is 312 g/mol. The molecule has 2 heterocycles. The van der Waals surface area contributed by atoms with Crippen molar-refractivity contribution >= 4 is 10.0 Å². The van der Waals surface area contributed by atoms with Crippen LogP contribution in [0.1, 0.15) is 57.6 Å². The van der Waals surface area contributed by atoms with Gasteiger partial charge in [-0.15, -0.1) is 0 Å². The predicted octanol–water partition coefficient (Wildman–Crippen LogP) is 3.22. The third-order valence-electron chi connectivity index (χ3n) is 5.15. The van der Waals surface area contributed by atoms with Crippen LogP contribution in [0.15, 0.2) is 21.6 Å². The third-order valence-corrected chi connectivity index (χ3v) is 6.93. The SMILES string of the molecule is CCN(Cc1ccc(S(=O)(=O)N2CCCC2)o1)C1CCCCC1. The average Bonchev–Trinajstić information content (AvgIpc) is 3.25. The lowest BCUT2D eigenvalue weighted by molar-refractivity contribution is 0.143. The van der Waals surface area contributed by atoms with Crippen molar-refractivity contribution in [2.45, 2.75) is 69.5 Å². The molecule has 0 unspecified atom stereocenters. The minimum Gasteiger partial charge on any atom is -0.447 e. The summed E-state index contributed by atoms with van der Waals surface area (Å²) in [6.07, 6.45) is 8.31. The third kappa shape index (κ3) is 3.80. The number of rotatable bonds is 6. The van der Waals surface area contributed by atoms with Crippen molar-refractivity contribution in [3.05, 3.63) is 17.9 Å². The number of hydrogen-bond donors (Lipinski definition) is 0. The second-order valence-electron chi connectivity index (χ2n) is 6.69. The quantitative estimate of drug-likeness (QED) is 0.798. The molecule has 1 saturated heterocycles. The summed E-state index contributed by atoms with van der Waals surface area (Å²) in [5.74, 6) is 0.759. The van der Waals surface area contributed by atoms with Gasteiger partial charge in [-0.25, -0.2) is 8.42 Å². The van der Waals surface area contributed by atoms with Gasteiger partial charge in [-0.05, 0) is 44.4 Å². The maximum atomic E-state index is 12.5. The number of hydrogen-bond acceptors (Lipinski definition) is 4. The molecule has 0 bridgehead atoms. The zero-order valence-electron chi connectivity index (χ0n) is 14.0. The fourth-order valence-corrected chi connectivity index (χ4v) is 5.23. The maximum Gasteiger partial charge on any atom is 0.276 e. The summed E-state index contributed by atoms with van der Waals surface area (Å²) < 4.78 is 32.3. The molecule has 3 rings (SSSR count). The Kier molecular flexibility index (Phi) is 5.44. The fourth-order valence-electron chi connectivity index (χ4n) is 3.78. The zero-order valence-corrected chi connectivity index (χ0v) is 14.9. The molecular formula is C17H28N2O3S. The number of sulfonamides is 1. The van der Waals surface area contributed by atoms with Crippen molar-refractivity contribution in [2.24, 2.45) is 0 Å². The smallest absolute Gasteiger partial charge is 0.276 e. The molecule has 0 N–H and O–H groups in total. The lowest BCUT2D eigenvalue weighted by atomic mass is 9.94. The summed E-state index contributed by atoms with van der Waals surface area (Å²) in [4.78, 5) is 2.42. The Morgan fingerprint density at radius 3 is 2.48 bits per heavy atom. The van der Waals surface area contributed by atoms with E-state index in [2.05, 4.69) is 11.8 Å². The van der Waals surface area contributed by atoms with Crippen molar-refractivity contribution in [2.75, 3.05) is 19.6 Å². The van der Waals surface area contributed by atoms with Crippen LogP contribution in [0.3, 0.4) is 0 Å². The molecule has 1 aliphatic carbocycles. The van der Waals surface area contributed by atoms with E-state index >= 15 is 0 Å². The Labute approximate surface area is 139 Å². The first-order valence-corrected chi connectivity index (χ1v) is 10.4. The van der Waals surface area contributed by atoms with Gasteiger partial charge in [-0.3, -0.25) is 4.90 Å². The lowest BCUT2D eigenvalue weighted by Crippen LogP contribution is -2.36. The van der Waals surface area contributed by atoms with Gasteiger partial charge in [0.25, 0.3) is 10.0 Å². The molecule has 0 spiro atoms. The summed E-state index contributed by atoms with van der Waals surface area (Å²) in [7, 11) is -3.44. The molecule has 2 aliphatic rings. The minimum absolute atomic E-state index is 0.106. The topological polar surface area (TPSA) is 53.8 Å². The van der Waals surface area contributed by atoms with Gasteiger partial charge in [-0.1, -0.05) is 26.2 Å². The van der Waals surface area contributed by atoms with Crippen LogP contribution in [-0.4, -0.2) is 43.3 Å². The summed E-state index contributed by atoms with van der Waals surface area (Å²) in [5, 5.41) is 0.106. The first-order valence-electron chi connectivity index (χ1n) is 8.94. The second-order valence-corrected chi connectivity index (χ2v) is 8.56. The first-order chi connectivity index (χ1) is 11.1. The van der Waals surface area contributed by atoms with Crippen LogP contribution in [0.2, 0.25) is 0 Å². The highest BCUT2D eigenvalue weighted by Crippen LogP contribution is 2.26. The van der Waals surface area contributed by atoms with E-state index in [0.29, 0.717) is 25.7 Å². The Morgan fingerprint density at radius 1 is 1.13 bits per heavy atom. The average molecular weight is 340 g/mol. The van der Waals surface area contributed by atoms with E-state index in [0.717, 1.165) is 25.1 Å². The van der Waals surface area contributed by atoms with E-state index in [1.54, 1.807) is 6.07 Å². The molecule has 1 saturated carbocycles. The van der Waals surface area contributed by atoms with E-state index < -0.39 is 10.0 Å². The summed E-state index contributed by atoms with van der Waals surface area (Å²) >= 11 is 0. The van der Waals surface area contributed by atoms with Crippen LogP contribution in [0, 0.1) is 0 Å². The van der Waals surface area contributed by atoms with Gasteiger partial charge in [0.05, 0.1) is 6.54 Å². The van der Waals surface area contributed by atoms with Gasteiger partial charge in [0.1, 0.15) is 5.76 Å². The lowest BCUT2D eigenvalue weighted by Gasteiger charge is -2.32. The summed E-state index contributed by atoms with van der Waals surface area (Å²) in [6.45, 7) is 5.07. The largest absolute Gasteiger partial charge is 0.447 e. The Balaban J connectivity index is 1.68. The molecule has 0 aromatic carbocycles. The summed E-state index contributed by atoms with van der Waals surface area (Å²) in [6, 6.07) is 4.06. The van der Waals surface area contributed by atoms with Crippen LogP contribution in [0.4, 0.5) is 0 Å². The zero-order chi connectivity index (χ0) is 16.3. The van der Waals surface area contributed by atoms with Crippen molar-refractivity contribution < 1.29 is 12.8 Å². The maximum absolute atomic E-state index is 12.5. The van der Waals surface area contributed by atoms with Crippen LogP contribution < -0.4 is 0 Å². The standard InChI is InChI=1S/C17H28N2O3S/c1-2-18(15-8-4-3-5-9-15)14-16-10-11-17(22-16)23(20,21)19-12-6-7-13-19/h10-11,15H,2-9,12-14H2,1H3. The van der Waals surface area contributed by atoms with Gasteiger partial charge >= 0.3 is 0 Å². The van der Waals surface area contributed by atoms with Crippen LogP contribution in [0.5, 0.6) is 0 Å². The fraction of sp³-hybridized carbons (Fsp3) is 0.765. The Hall–Kier alpha value is -0.850. The molecule has 1 aromatic rings. The van der Waals surface area contributed by atoms with Crippen LogP contribution >= 0.6 is 0 Å². The summed E-state index contributed by atoms with van der Waals surface area (Å²) in [5.41, 5.74) is 0. The van der Waals surface area contributed by atoms with Crippen LogP contribution in [-0.2, 0) is 16.6 Å². The normalized spacial score (nSPS) is 21.3. The first kappa shape index (κ1) is 17.0. The molecule has 6 heteroatoms. The van der Waals surface area contributed by atoms with Gasteiger partial charge < -0.3 is 4.42 Å². The monoisotopic (exact) mass is 340 g/mol. The molecule has 23 heavy (non-hydrogen) atoms. The minimum atomic E-state index is -3.44. The molecule has 0 amide bonds. The molecule has 130 valence electrons. The van der Waals surface area contributed by atoms with Crippen molar-refractivity contribution in [1.82, 2.24) is 9.21 Å². The van der Waals surface area contributed by atoms with Gasteiger partial charge in [0, 0.05) is 19.1 Å². The van der Waals surface area contributed by atoms with E-state index in [1.807, 2.05) is 6.07 Å². The Morgan fingerprint density at radius 2 is 1.83 bits per heavy atom. The molecule has 0 atom stereocenters. The second kappa shape index (κ2) is 7.36. The number of furan rings is 1. The molecule has 1 aliphatic heterocycles. The van der Waals surface area contributed by atoms with Crippen molar-refractivity contribution in [3.63, 3.8) is 0 Å². The highest BCUT2D eigenvalue weighted by atomic mass is 32.2. The van der Waals surface area contributed by atoms with Crippen molar-refractivity contribution in [3.8, 4) is 0 Å². The van der Waals surface area contributed by atoms with Gasteiger partial charge in [0.15, 0.2) is 0 Å². The van der Waals surface area contributed by atoms with E-state index in [4.69, 9.17) is 4.42 Å². The molecule has 0 radical (unpaired) electrons. The van der Waals surface area contributed by atoms with E-state index in [9.17, 15) is 8.42 Å². The Bertz CT molecular complexity index is 599. The van der Waals surface area contributed by atoms with E-state index in [-0.39, 0.29) is 5.09 Å².